The first-order chi connectivity index (χ1) is 8.95. The monoisotopic (exact) mass is 260 g/mol. The smallest absolute Gasteiger partial charge is 0.239 e. The lowest BCUT2D eigenvalue weighted by Gasteiger charge is -2.19. The fourth-order valence-corrected chi connectivity index (χ4v) is 1.91. The summed E-state index contributed by atoms with van der Waals surface area (Å²) in [4.78, 5) is 11.6. The van der Waals surface area contributed by atoms with Crippen molar-refractivity contribution in [3.63, 3.8) is 0 Å². The first-order valence-electron chi connectivity index (χ1n) is 7.06. The van der Waals surface area contributed by atoms with Gasteiger partial charge in [-0.05, 0) is 41.9 Å². The van der Waals surface area contributed by atoms with Gasteiger partial charge in [-0.3, -0.25) is 4.79 Å². The van der Waals surface area contributed by atoms with E-state index in [9.17, 15) is 4.79 Å². The van der Waals surface area contributed by atoms with Crippen molar-refractivity contribution in [3.8, 4) is 0 Å². The van der Waals surface area contributed by atoms with Gasteiger partial charge in [0.1, 0.15) is 0 Å². The lowest BCUT2D eigenvalue weighted by molar-refractivity contribution is -0.119. The summed E-state index contributed by atoms with van der Waals surface area (Å²) in [5.41, 5.74) is 2.46. The molecule has 1 aliphatic carbocycles. The molecule has 1 aliphatic rings. The molecule has 0 spiro atoms. The van der Waals surface area contributed by atoms with E-state index in [2.05, 4.69) is 43.5 Å². The van der Waals surface area contributed by atoms with Crippen LogP contribution in [0, 0.1) is 5.92 Å². The Morgan fingerprint density at radius 3 is 2.37 bits per heavy atom. The van der Waals surface area contributed by atoms with Crippen LogP contribution < -0.4 is 10.6 Å². The first-order valence-corrected chi connectivity index (χ1v) is 7.06. The van der Waals surface area contributed by atoms with E-state index in [1.54, 1.807) is 0 Å². The summed E-state index contributed by atoms with van der Waals surface area (Å²) in [7, 11) is 0. The zero-order valence-electron chi connectivity index (χ0n) is 12.1. The Labute approximate surface area is 115 Å². The van der Waals surface area contributed by atoms with Crippen LogP contribution in [0.1, 0.15) is 39.2 Å². The molecule has 104 valence electrons. The number of hydrogen-bond donors (Lipinski definition) is 2. The Hall–Kier alpha value is -1.51. The SMILES string of the molecule is CC(C)(C)c1ccc(NCC(=O)NCC2CC2)cc1. The van der Waals surface area contributed by atoms with Gasteiger partial charge in [-0.15, -0.1) is 0 Å². The highest BCUT2D eigenvalue weighted by Gasteiger charge is 2.21. The van der Waals surface area contributed by atoms with Crippen molar-refractivity contribution in [2.24, 2.45) is 5.92 Å². The summed E-state index contributed by atoms with van der Waals surface area (Å²) in [5, 5.41) is 6.10. The number of amides is 1. The Morgan fingerprint density at radius 1 is 1.21 bits per heavy atom. The second-order valence-corrected chi connectivity index (χ2v) is 6.43. The second-order valence-electron chi connectivity index (χ2n) is 6.43. The Balaban J connectivity index is 1.77. The van der Waals surface area contributed by atoms with Gasteiger partial charge in [-0.1, -0.05) is 32.9 Å². The fraction of sp³-hybridized carbons (Fsp3) is 0.562. The number of hydrogen-bond acceptors (Lipinski definition) is 2. The molecule has 3 nitrogen and oxygen atoms in total. The third-order valence-electron chi connectivity index (χ3n) is 3.49. The van der Waals surface area contributed by atoms with E-state index >= 15 is 0 Å². The van der Waals surface area contributed by atoms with E-state index in [4.69, 9.17) is 0 Å². The molecule has 0 saturated heterocycles. The van der Waals surface area contributed by atoms with Gasteiger partial charge in [-0.2, -0.15) is 0 Å². The molecule has 2 N–H and O–H groups in total. The summed E-state index contributed by atoms with van der Waals surface area (Å²) in [6.45, 7) is 7.77. The predicted molar refractivity (Wildman–Crippen MR) is 79.4 cm³/mol. The number of benzene rings is 1. The fourth-order valence-electron chi connectivity index (χ4n) is 1.91. The van der Waals surface area contributed by atoms with Crippen molar-refractivity contribution < 1.29 is 4.79 Å². The Bertz CT molecular complexity index is 427. The summed E-state index contributed by atoms with van der Waals surface area (Å²) in [5.74, 6) is 0.807. The average Bonchev–Trinajstić information content (AvgIpc) is 3.17. The van der Waals surface area contributed by atoms with Crippen LogP contribution in [0.2, 0.25) is 0 Å². The zero-order chi connectivity index (χ0) is 13.9. The lowest BCUT2D eigenvalue weighted by atomic mass is 9.87. The molecule has 1 aromatic carbocycles. The van der Waals surface area contributed by atoms with Gasteiger partial charge in [0.15, 0.2) is 0 Å². The van der Waals surface area contributed by atoms with Gasteiger partial charge in [0.25, 0.3) is 0 Å². The van der Waals surface area contributed by atoms with Gasteiger partial charge >= 0.3 is 0 Å². The molecule has 2 rings (SSSR count). The molecule has 0 atom stereocenters. The van der Waals surface area contributed by atoms with Gasteiger partial charge in [0.2, 0.25) is 5.91 Å². The van der Waals surface area contributed by atoms with Crippen molar-refractivity contribution in [2.75, 3.05) is 18.4 Å². The van der Waals surface area contributed by atoms with E-state index in [1.807, 2.05) is 12.1 Å². The highest BCUT2D eigenvalue weighted by molar-refractivity contribution is 5.80. The Morgan fingerprint density at radius 2 is 1.84 bits per heavy atom. The normalized spacial score (nSPS) is 15.1. The minimum atomic E-state index is 0.0757. The maximum absolute atomic E-state index is 11.6. The quantitative estimate of drug-likeness (QED) is 0.854. The van der Waals surface area contributed by atoms with Crippen molar-refractivity contribution in [3.05, 3.63) is 29.8 Å². The van der Waals surface area contributed by atoms with E-state index in [0.717, 1.165) is 18.2 Å². The second kappa shape index (κ2) is 5.64. The minimum Gasteiger partial charge on any atom is -0.376 e. The molecular formula is C16H24N2O. The third-order valence-corrected chi connectivity index (χ3v) is 3.49. The van der Waals surface area contributed by atoms with E-state index in [-0.39, 0.29) is 11.3 Å². The maximum atomic E-state index is 11.6. The molecule has 0 aromatic heterocycles. The van der Waals surface area contributed by atoms with Crippen LogP contribution in [-0.4, -0.2) is 19.0 Å². The van der Waals surface area contributed by atoms with Crippen LogP contribution in [0.5, 0.6) is 0 Å². The zero-order valence-corrected chi connectivity index (χ0v) is 12.1. The largest absolute Gasteiger partial charge is 0.376 e. The minimum absolute atomic E-state index is 0.0757. The number of carbonyl (C=O) groups excluding carboxylic acids is 1. The van der Waals surface area contributed by atoms with Crippen molar-refractivity contribution in [1.29, 1.82) is 0 Å². The van der Waals surface area contributed by atoms with Crippen LogP contribution in [0.4, 0.5) is 5.69 Å². The maximum Gasteiger partial charge on any atom is 0.239 e. The van der Waals surface area contributed by atoms with Crippen LogP contribution in [0.3, 0.4) is 0 Å². The topological polar surface area (TPSA) is 41.1 Å². The molecule has 0 unspecified atom stereocenters. The third kappa shape index (κ3) is 4.58. The van der Waals surface area contributed by atoms with Crippen LogP contribution in [-0.2, 0) is 10.2 Å². The summed E-state index contributed by atoms with van der Waals surface area (Å²) < 4.78 is 0. The molecule has 1 amide bonds. The standard InChI is InChI=1S/C16H24N2O/c1-16(2,3)13-6-8-14(9-7-13)17-11-15(19)18-10-12-4-5-12/h6-9,12,17H,4-5,10-11H2,1-3H3,(H,18,19). The highest BCUT2D eigenvalue weighted by Crippen LogP contribution is 2.27. The molecule has 19 heavy (non-hydrogen) atoms. The van der Waals surface area contributed by atoms with Gasteiger partial charge in [0, 0.05) is 12.2 Å². The van der Waals surface area contributed by atoms with Crippen LogP contribution in [0.15, 0.2) is 24.3 Å². The predicted octanol–water partition coefficient (Wildman–Crippen LogP) is 2.92. The average molecular weight is 260 g/mol. The summed E-state index contributed by atoms with van der Waals surface area (Å²) in [6, 6.07) is 8.30. The molecule has 0 bridgehead atoms. The molecule has 0 aliphatic heterocycles. The number of nitrogens with one attached hydrogen (secondary N) is 2. The Kier molecular flexibility index (Phi) is 4.13. The molecule has 1 saturated carbocycles. The number of anilines is 1. The summed E-state index contributed by atoms with van der Waals surface area (Å²) >= 11 is 0. The molecular weight excluding hydrogens is 236 g/mol. The van der Waals surface area contributed by atoms with E-state index < -0.39 is 0 Å². The highest BCUT2D eigenvalue weighted by atomic mass is 16.1. The van der Waals surface area contributed by atoms with Crippen molar-refractivity contribution in [2.45, 2.75) is 39.0 Å². The molecule has 1 fully saturated rings. The first kappa shape index (κ1) is 13.9. The van der Waals surface area contributed by atoms with Crippen LogP contribution >= 0.6 is 0 Å². The van der Waals surface area contributed by atoms with Crippen molar-refractivity contribution in [1.82, 2.24) is 5.32 Å². The van der Waals surface area contributed by atoms with Gasteiger partial charge in [-0.25, -0.2) is 0 Å². The number of rotatable bonds is 5. The molecule has 1 aromatic rings. The van der Waals surface area contributed by atoms with Crippen molar-refractivity contribution >= 4 is 11.6 Å². The number of carbonyl (C=O) groups is 1. The van der Waals surface area contributed by atoms with Gasteiger partial charge < -0.3 is 10.6 Å². The van der Waals surface area contributed by atoms with E-state index in [1.165, 1.54) is 18.4 Å². The van der Waals surface area contributed by atoms with E-state index in [0.29, 0.717) is 6.54 Å². The summed E-state index contributed by atoms with van der Waals surface area (Å²) in [6.07, 6.45) is 2.53. The molecule has 3 heteroatoms. The van der Waals surface area contributed by atoms with Crippen LogP contribution in [0.25, 0.3) is 0 Å². The molecule has 0 heterocycles. The lowest BCUT2D eigenvalue weighted by Crippen LogP contribution is -2.31. The molecule has 0 radical (unpaired) electrons. The van der Waals surface area contributed by atoms with Gasteiger partial charge in [0.05, 0.1) is 6.54 Å².